The van der Waals surface area contributed by atoms with E-state index in [1.807, 2.05) is 40.8 Å². The van der Waals surface area contributed by atoms with E-state index >= 15 is 0 Å². The molecule has 9 heteroatoms. The lowest BCUT2D eigenvalue weighted by Crippen LogP contribution is -2.59. The van der Waals surface area contributed by atoms with Crippen molar-refractivity contribution < 1.29 is 14.4 Å². The van der Waals surface area contributed by atoms with E-state index in [1.54, 1.807) is 18.9 Å². The van der Waals surface area contributed by atoms with Crippen LogP contribution in [0.5, 0.6) is 0 Å². The van der Waals surface area contributed by atoms with Crippen molar-refractivity contribution in [2.75, 3.05) is 33.2 Å². The first-order valence-electron chi connectivity index (χ1n) is 12.4. The Kier molecular flexibility index (Phi) is 7.50. The van der Waals surface area contributed by atoms with Gasteiger partial charge in [-0.3, -0.25) is 14.4 Å². The number of aromatic nitrogens is 2. The molecule has 1 saturated carbocycles. The molecular weight excluding hydrogens is 432 g/mol. The number of nitrogens with one attached hydrogen (secondary N) is 2. The number of amides is 3. The number of piperazine rings is 1. The number of nitrogens with zero attached hydrogens (tertiary/aromatic N) is 4. The van der Waals surface area contributed by atoms with Crippen molar-refractivity contribution in [3.8, 4) is 0 Å². The number of carbonyl (C=O) groups is 3. The van der Waals surface area contributed by atoms with E-state index in [0.29, 0.717) is 31.7 Å². The standard InChI is InChI=1S/C25H36N6O3/c1-17-16-31-10-9-20(15-21(31)27-17)24(33)29-11-13-30(14-12-29)25(34)22(19-7-5-4-6-8-19)28-23(32)18(2)26-3/h9-10,15-16,18-19,22,26H,4-8,11-14H2,1-3H3,(H,28,32)/t18-,22?/m0/s1. The molecule has 1 saturated heterocycles. The van der Waals surface area contributed by atoms with E-state index in [-0.39, 0.29) is 29.7 Å². The van der Waals surface area contributed by atoms with Crippen LogP contribution in [0, 0.1) is 12.8 Å². The van der Waals surface area contributed by atoms with Crippen LogP contribution in [0.4, 0.5) is 0 Å². The Bertz CT molecular complexity index is 1040. The first-order chi connectivity index (χ1) is 16.4. The van der Waals surface area contributed by atoms with Crippen LogP contribution in [0.15, 0.2) is 24.5 Å². The second kappa shape index (κ2) is 10.5. The monoisotopic (exact) mass is 468 g/mol. The Balaban J connectivity index is 1.40. The number of aryl methyl sites for hydroxylation is 1. The van der Waals surface area contributed by atoms with E-state index in [9.17, 15) is 14.4 Å². The molecule has 1 unspecified atom stereocenters. The lowest BCUT2D eigenvalue weighted by Gasteiger charge is -2.39. The molecule has 3 amide bonds. The lowest BCUT2D eigenvalue weighted by atomic mass is 9.83. The van der Waals surface area contributed by atoms with Crippen LogP contribution < -0.4 is 10.6 Å². The summed E-state index contributed by atoms with van der Waals surface area (Å²) in [5, 5.41) is 5.98. The molecule has 0 radical (unpaired) electrons. The summed E-state index contributed by atoms with van der Waals surface area (Å²) in [6, 6.07) is 2.76. The molecule has 2 aromatic heterocycles. The fourth-order valence-electron chi connectivity index (χ4n) is 5.01. The molecule has 0 bridgehead atoms. The third kappa shape index (κ3) is 5.24. The van der Waals surface area contributed by atoms with E-state index < -0.39 is 6.04 Å². The highest BCUT2D eigenvalue weighted by Crippen LogP contribution is 2.28. The molecule has 2 N–H and O–H groups in total. The summed E-state index contributed by atoms with van der Waals surface area (Å²) in [5.41, 5.74) is 2.26. The van der Waals surface area contributed by atoms with Gasteiger partial charge in [-0.25, -0.2) is 4.98 Å². The number of imidazole rings is 1. The second-order valence-corrected chi connectivity index (χ2v) is 9.58. The minimum Gasteiger partial charge on any atom is -0.343 e. The zero-order valence-corrected chi connectivity index (χ0v) is 20.4. The number of likely N-dealkylation sites (N-methyl/N-ethyl adjacent to an activating group) is 1. The zero-order chi connectivity index (χ0) is 24.2. The van der Waals surface area contributed by atoms with Crippen molar-refractivity contribution in [1.82, 2.24) is 29.8 Å². The Morgan fingerprint density at radius 3 is 2.41 bits per heavy atom. The normalized spacial score (nSPS) is 19.1. The SMILES string of the molecule is CN[C@@H](C)C(=O)NC(C(=O)N1CCN(C(=O)c2ccn3cc(C)nc3c2)CC1)C1CCCCC1. The molecule has 1 aliphatic heterocycles. The summed E-state index contributed by atoms with van der Waals surface area (Å²) in [4.78, 5) is 47.3. The van der Waals surface area contributed by atoms with Gasteiger partial charge in [0.2, 0.25) is 11.8 Å². The van der Waals surface area contributed by atoms with Crippen molar-refractivity contribution >= 4 is 23.4 Å². The van der Waals surface area contributed by atoms with Gasteiger partial charge in [-0.2, -0.15) is 0 Å². The maximum Gasteiger partial charge on any atom is 0.254 e. The van der Waals surface area contributed by atoms with Gasteiger partial charge in [0.1, 0.15) is 11.7 Å². The van der Waals surface area contributed by atoms with Gasteiger partial charge in [0.05, 0.1) is 11.7 Å². The lowest BCUT2D eigenvalue weighted by molar-refractivity contribution is -0.140. The van der Waals surface area contributed by atoms with Crippen molar-refractivity contribution in [3.63, 3.8) is 0 Å². The summed E-state index contributed by atoms with van der Waals surface area (Å²) in [6.45, 7) is 5.60. The van der Waals surface area contributed by atoms with Gasteiger partial charge in [-0.1, -0.05) is 19.3 Å². The molecule has 184 valence electrons. The van der Waals surface area contributed by atoms with E-state index in [0.717, 1.165) is 37.0 Å². The second-order valence-electron chi connectivity index (χ2n) is 9.58. The fourth-order valence-corrected chi connectivity index (χ4v) is 5.01. The molecule has 2 fully saturated rings. The molecule has 9 nitrogen and oxygen atoms in total. The van der Waals surface area contributed by atoms with Crippen LogP contribution >= 0.6 is 0 Å². The van der Waals surface area contributed by atoms with Gasteiger partial charge in [0.15, 0.2) is 0 Å². The summed E-state index contributed by atoms with van der Waals surface area (Å²) in [7, 11) is 1.74. The quantitative estimate of drug-likeness (QED) is 0.671. The summed E-state index contributed by atoms with van der Waals surface area (Å²) < 4.78 is 1.90. The summed E-state index contributed by atoms with van der Waals surface area (Å²) >= 11 is 0. The van der Waals surface area contributed by atoms with E-state index in [1.165, 1.54) is 6.42 Å². The van der Waals surface area contributed by atoms with E-state index in [2.05, 4.69) is 15.6 Å². The molecule has 0 aromatic carbocycles. The topological polar surface area (TPSA) is 99.0 Å². The van der Waals surface area contributed by atoms with Crippen molar-refractivity contribution in [2.24, 2.45) is 5.92 Å². The molecule has 2 aromatic rings. The number of pyridine rings is 1. The average molecular weight is 469 g/mol. The maximum atomic E-state index is 13.5. The van der Waals surface area contributed by atoms with Crippen molar-refractivity contribution in [3.05, 3.63) is 35.8 Å². The highest BCUT2D eigenvalue weighted by molar-refractivity contribution is 5.95. The molecule has 2 aliphatic rings. The Morgan fingerprint density at radius 2 is 1.74 bits per heavy atom. The summed E-state index contributed by atoms with van der Waals surface area (Å²) in [6.07, 6.45) is 9.06. The van der Waals surface area contributed by atoms with Crippen molar-refractivity contribution in [1.29, 1.82) is 0 Å². The molecule has 3 heterocycles. The third-order valence-corrected chi connectivity index (χ3v) is 7.22. The Hall–Kier alpha value is -2.94. The van der Waals surface area contributed by atoms with Crippen molar-refractivity contribution in [2.45, 2.75) is 58.0 Å². The van der Waals surface area contributed by atoms with Crippen LogP contribution in [0.3, 0.4) is 0 Å². The van der Waals surface area contributed by atoms with Crippen LogP contribution in [0.1, 0.15) is 55.1 Å². The van der Waals surface area contributed by atoms with Crippen LogP contribution in [0.2, 0.25) is 0 Å². The molecule has 1 aliphatic carbocycles. The molecule has 34 heavy (non-hydrogen) atoms. The van der Waals surface area contributed by atoms with Crippen LogP contribution in [0.25, 0.3) is 5.65 Å². The fraction of sp³-hybridized carbons (Fsp3) is 0.600. The minimum absolute atomic E-state index is 0.0232. The van der Waals surface area contributed by atoms with E-state index in [4.69, 9.17) is 0 Å². The smallest absolute Gasteiger partial charge is 0.254 e. The third-order valence-electron chi connectivity index (χ3n) is 7.22. The Labute approximate surface area is 200 Å². The van der Waals surface area contributed by atoms with Gasteiger partial charge in [-0.15, -0.1) is 0 Å². The largest absolute Gasteiger partial charge is 0.343 e. The number of hydrogen-bond acceptors (Lipinski definition) is 5. The predicted octanol–water partition coefficient (Wildman–Crippen LogP) is 1.60. The number of hydrogen-bond donors (Lipinski definition) is 2. The van der Waals surface area contributed by atoms with Gasteiger partial charge in [-0.05, 0) is 51.8 Å². The Morgan fingerprint density at radius 1 is 1.06 bits per heavy atom. The number of rotatable bonds is 6. The first-order valence-corrected chi connectivity index (χ1v) is 12.4. The summed E-state index contributed by atoms with van der Waals surface area (Å²) in [5.74, 6) is -0.0522. The highest BCUT2D eigenvalue weighted by atomic mass is 16.2. The first kappa shape index (κ1) is 24.2. The van der Waals surface area contributed by atoms with Gasteiger partial charge in [0.25, 0.3) is 5.91 Å². The molecule has 0 spiro atoms. The number of carbonyl (C=O) groups excluding carboxylic acids is 3. The van der Waals surface area contributed by atoms with Gasteiger partial charge >= 0.3 is 0 Å². The van der Waals surface area contributed by atoms with Gasteiger partial charge < -0.3 is 24.8 Å². The molecule has 2 atom stereocenters. The molecule has 4 rings (SSSR count). The average Bonchev–Trinajstić information content (AvgIpc) is 3.25. The van der Waals surface area contributed by atoms with Gasteiger partial charge in [0, 0.05) is 44.1 Å². The zero-order valence-electron chi connectivity index (χ0n) is 20.4. The number of fused-ring (bicyclic) bond motifs is 1. The maximum absolute atomic E-state index is 13.5. The van der Waals surface area contributed by atoms with Crippen LogP contribution in [-0.4, -0.2) is 82.2 Å². The predicted molar refractivity (Wildman–Crippen MR) is 129 cm³/mol. The van der Waals surface area contributed by atoms with Crippen LogP contribution in [-0.2, 0) is 9.59 Å². The highest BCUT2D eigenvalue weighted by Gasteiger charge is 2.36. The minimum atomic E-state index is -0.503. The molecular formula is C25H36N6O3.